The highest BCUT2D eigenvalue weighted by Crippen LogP contribution is 2.34. The van der Waals surface area contributed by atoms with E-state index in [0.717, 1.165) is 0 Å². The Bertz CT molecular complexity index is 920. The molecule has 1 aromatic rings. The minimum atomic E-state index is -0.168. The summed E-state index contributed by atoms with van der Waals surface area (Å²) in [7, 11) is 0. The number of anilines is 1. The van der Waals surface area contributed by atoms with E-state index in [4.69, 9.17) is 9.47 Å². The molecule has 4 rings (SSSR count). The summed E-state index contributed by atoms with van der Waals surface area (Å²) in [4.78, 5) is 54.2. The van der Waals surface area contributed by atoms with Gasteiger partial charge in [0.15, 0.2) is 11.5 Å². The van der Waals surface area contributed by atoms with E-state index in [2.05, 4.69) is 5.32 Å². The second-order valence-corrected chi connectivity index (χ2v) is 8.60. The standard InChI is InChI=1S/C23H30N4O6/c1-16(28)25-10-12-27(13-11-25)22(30)5-4-21(29)26-8-6-17(7-9-26)23(31)24-18-2-3-19-20(14-18)33-15-32-19/h2-3,14,17H,4-13,15H2,1H3,(H,24,31). The Kier molecular flexibility index (Phi) is 7.00. The molecule has 0 aliphatic carbocycles. The van der Waals surface area contributed by atoms with Crippen molar-refractivity contribution in [1.82, 2.24) is 14.7 Å². The highest BCUT2D eigenvalue weighted by Gasteiger charge is 2.29. The Hall–Kier alpha value is -3.30. The van der Waals surface area contributed by atoms with Crippen LogP contribution in [0.25, 0.3) is 0 Å². The summed E-state index contributed by atoms with van der Waals surface area (Å²) < 4.78 is 10.6. The predicted molar refractivity (Wildman–Crippen MR) is 119 cm³/mol. The molecule has 0 aromatic heterocycles. The van der Waals surface area contributed by atoms with E-state index in [-0.39, 0.29) is 49.2 Å². The van der Waals surface area contributed by atoms with Crippen molar-refractivity contribution in [2.24, 2.45) is 5.92 Å². The molecule has 1 aromatic carbocycles. The van der Waals surface area contributed by atoms with Crippen molar-refractivity contribution in [2.45, 2.75) is 32.6 Å². The van der Waals surface area contributed by atoms with Gasteiger partial charge in [0.1, 0.15) is 0 Å². The van der Waals surface area contributed by atoms with Crippen LogP contribution in [-0.4, -0.2) is 84.4 Å². The minimum absolute atomic E-state index is 0.0188. The summed E-state index contributed by atoms with van der Waals surface area (Å²) in [5.74, 6) is 0.954. The number of hydrogen-bond acceptors (Lipinski definition) is 6. The molecular formula is C23H30N4O6. The van der Waals surface area contributed by atoms with Gasteiger partial charge in [0.05, 0.1) is 0 Å². The maximum Gasteiger partial charge on any atom is 0.231 e. The molecule has 2 saturated heterocycles. The Morgan fingerprint density at radius 2 is 1.42 bits per heavy atom. The van der Waals surface area contributed by atoms with Crippen LogP contribution in [0.2, 0.25) is 0 Å². The third-order valence-electron chi connectivity index (χ3n) is 6.49. The first kappa shape index (κ1) is 22.9. The van der Waals surface area contributed by atoms with Crippen LogP contribution in [0.15, 0.2) is 18.2 Å². The zero-order valence-corrected chi connectivity index (χ0v) is 18.9. The fraction of sp³-hybridized carbons (Fsp3) is 0.565. The summed E-state index contributed by atoms with van der Waals surface area (Å²) in [5, 5.41) is 2.92. The molecule has 178 valence electrons. The summed E-state index contributed by atoms with van der Waals surface area (Å²) >= 11 is 0. The normalized spacial score (nSPS) is 18.3. The van der Waals surface area contributed by atoms with Crippen LogP contribution in [0.4, 0.5) is 5.69 Å². The van der Waals surface area contributed by atoms with Crippen LogP contribution < -0.4 is 14.8 Å². The Labute approximate surface area is 192 Å². The highest BCUT2D eigenvalue weighted by atomic mass is 16.7. The van der Waals surface area contributed by atoms with Crippen LogP contribution >= 0.6 is 0 Å². The number of carbonyl (C=O) groups excluding carboxylic acids is 4. The zero-order valence-electron chi connectivity index (χ0n) is 18.9. The SMILES string of the molecule is CC(=O)N1CCN(C(=O)CCC(=O)N2CCC(C(=O)Nc3ccc4c(c3)OCO4)CC2)CC1. The summed E-state index contributed by atoms with van der Waals surface area (Å²) in [6.07, 6.45) is 1.51. The maximum absolute atomic E-state index is 12.6. The van der Waals surface area contributed by atoms with Crippen molar-refractivity contribution in [2.75, 3.05) is 51.4 Å². The van der Waals surface area contributed by atoms with Gasteiger partial charge in [-0.2, -0.15) is 0 Å². The molecule has 33 heavy (non-hydrogen) atoms. The van der Waals surface area contributed by atoms with E-state index in [1.165, 1.54) is 6.92 Å². The number of carbonyl (C=O) groups is 4. The zero-order chi connectivity index (χ0) is 23.4. The molecule has 3 aliphatic rings. The molecule has 0 saturated carbocycles. The molecule has 10 nitrogen and oxygen atoms in total. The van der Waals surface area contributed by atoms with Crippen molar-refractivity contribution >= 4 is 29.3 Å². The number of likely N-dealkylation sites (tertiary alicyclic amines) is 1. The quantitative estimate of drug-likeness (QED) is 0.707. The first-order valence-electron chi connectivity index (χ1n) is 11.4. The van der Waals surface area contributed by atoms with Gasteiger partial charge in [0, 0.05) is 76.7 Å². The van der Waals surface area contributed by atoms with E-state index >= 15 is 0 Å². The lowest BCUT2D eigenvalue weighted by molar-refractivity contribution is -0.141. The first-order valence-corrected chi connectivity index (χ1v) is 11.4. The molecule has 2 fully saturated rings. The predicted octanol–water partition coefficient (Wildman–Crippen LogP) is 1.06. The lowest BCUT2D eigenvalue weighted by Gasteiger charge is -2.34. The molecule has 3 aliphatic heterocycles. The van der Waals surface area contributed by atoms with Crippen LogP contribution in [0.5, 0.6) is 11.5 Å². The second-order valence-electron chi connectivity index (χ2n) is 8.60. The van der Waals surface area contributed by atoms with Crippen molar-refractivity contribution in [3.8, 4) is 11.5 Å². The lowest BCUT2D eigenvalue weighted by atomic mass is 9.95. The van der Waals surface area contributed by atoms with Crippen molar-refractivity contribution in [3.63, 3.8) is 0 Å². The second kappa shape index (κ2) is 10.1. The Morgan fingerprint density at radius 3 is 2.06 bits per heavy atom. The first-order chi connectivity index (χ1) is 15.9. The van der Waals surface area contributed by atoms with E-state index in [9.17, 15) is 19.2 Å². The topological polar surface area (TPSA) is 108 Å². The van der Waals surface area contributed by atoms with Crippen molar-refractivity contribution < 1.29 is 28.7 Å². The lowest BCUT2D eigenvalue weighted by Crippen LogP contribution is -2.50. The van der Waals surface area contributed by atoms with Gasteiger partial charge in [-0.15, -0.1) is 0 Å². The number of piperidine rings is 1. The molecule has 1 N–H and O–H groups in total. The van der Waals surface area contributed by atoms with Gasteiger partial charge in [-0.05, 0) is 25.0 Å². The molecular weight excluding hydrogens is 428 g/mol. The largest absolute Gasteiger partial charge is 0.454 e. The van der Waals surface area contributed by atoms with Crippen LogP contribution in [0, 0.1) is 5.92 Å². The van der Waals surface area contributed by atoms with Gasteiger partial charge < -0.3 is 29.5 Å². The summed E-state index contributed by atoms with van der Waals surface area (Å²) in [5.41, 5.74) is 0.658. The summed E-state index contributed by atoms with van der Waals surface area (Å²) in [6.45, 7) is 4.81. The van der Waals surface area contributed by atoms with Crippen molar-refractivity contribution in [1.29, 1.82) is 0 Å². The highest BCUT2D eigenvalue weighted by molar-refractivity contribution is 5.93. The van der Waals surface area contributed by atoms with Gasteiger partial charge in [-0.3, -0.25) is 19.2 Å². The molecule has 0 unspecified atom stereocenters. The number of hydrogen-bond donors (Lipinski definition) is 1. The number of nitrogens with one attached hydrogen (secondary N) is 1. The van der Waals surface area contributed by atoms with Gasteiger partial charge in [-0.25, -0.2) is 0 Å². The molecule has 10 heteroatoms. The van der Waals surface area contributed by atoms with Gasteiger partial charge in [-0.1, -0.05) is 0 Å². The number of piperazine rings is 1. The maximum atomic E-state index is 12.6. The van der Waals surface area contributed by atoms with Gasteiger partial charge in [0.25, 0.3) is 0 Å². The molecule has 0 bridgehead atoms. The van der Waals surface area contributed by atoms with Crippen LogP contribution in [-0.2, 0) is 19.2 Å². The molecule has 0 radical (unpaired) electrons. The number of fused-ring (bicyclic) bond motifs is 1. The average Bonchev–Trinajstić information content (AvgIpc) is 3.30. The van der Waals surface area contributed by atoms with E-state index in [1.54, 1.807) is 32.9 Å². The average molecular weight is 459 g/mol. The molecule has 0 spiro atoms. The number of benzene rings is 1. The smallest absolute Gasteiger partial charge is 0.231 e. The molecule has 3 heterocycles. The van der Waals surface area contributed by atoms with Crippen LogP contribution in [0.3, 0.4) is 0 Å². The van der Waals surface area contributed by atoms with E-state index in [0.29, 0.717) is 69.3 Å². The number of amides is 4. The number of nitrogens with zero attached hydrogens (tertiary/aromatic N) is 3. The number of ether oxygens (including phenoxy) is 2. The fourth-order valence-electron chi connectivity index (χ4n) is 4.41. The van der Waals surface area contributed by atoms with E-state index in [1.807, 2.05) is 0 Å². The Balaban J connectivity index is 1.17. The van der Waals surface area contributed by atoms with Gasteiger partial charge in [0.2, 0.25) is 30.4 Å². The Morgan fingerprint density at radius 1 is 0.848 bits per heavy atom. The summed E-state index contributed by atoms with van der Waals surface area (Å²) in [6, 6.07) is 5.29. The van der Waals surface area contributed by atoms with Crippen LogP contribution in [0.1, 0.15) is 32.6 Å². The third-order valence-corrected chi connectivity index (χ3v) is 6.49. The number of rotatable bonds is 5. The van der Waals surface area contributed by atoms with Crippen molar-refractivity contribution in [3.05, 3.63) is 18.2 Å². The third kappa shape index (κ3) is 5.55. The minimum Gasteiger partial charge on any atom is -0.454 e. The fourth-order valence-corrected chi connectivity index (χ4v) is 4.41. The van der Waals surface area contributed by atoms with Gasteiger partial charge >= 0.3 is 0 Å². The molecule has 4 amide bonds. The monoisotopic (exact) mass is 458 g/mol. The molecule has 0 atom stereocenters. The van der Waals surface area contributed by atoms with E-state index < -0.39 is 0 Å².